The minimum absolute atomic E-state index is 0.204. The molecule has 0 spiro atoms. The van der Waals surface area contributed by atoms with Crippen molar-refractivity contribution in [3.8, 4) is 0 Å². The molecule has 10 heteroatoms. The van der Waals surface area contributed by atoms with Crippen molar-refractivity contribution in [1.82, 2.24) is 5.32 Å². The number of nitrogens with one attached hydrogen (secondary N) is 3. The molecule has 0 heterocycles. The lowest BCUT2D eigenvalue weighted by Crippen LogP contribution is -2.33. The molecule has 0 saturated carbocycles. The molecule has 0 radical (unpaired) electrons. The lowest BCUT2D eigenvalue weighted by atomic mass is 10.1. The lowest BCUT2D eigenvalue weighted by molar-refractivity contribution is -0.138. The van der Waals surface area contributed by atoms with Gasteiger partial charge in [-0.05, 0) is 68.3 Å². The number of rotatable bonds is 8. The number of hydrogen-bond acceptors (Lipinski definition) is 6. The smallest absolute Gasteiger partial charge is 0.335 e. The van der Waals surface area contributed by atoms with Crippen LogP contribution in [0, 0.1) is 5.82 Å². The van der Waals surface area contributed by atoms with Crippen LogP contribution in [-0.2, 0) is 20.4 Å². The van der Waals surface area contributed by atoms with E-state index in [0.29, 0.717) is 35.5 Å². The van der Waals surface area contributed by atoms with Gasteiger partial charge in [-0.1, -0.05) is 0 Å². The van der Waals surface area contributed by atoms with Crippen LogP contribution in [0.2, 0.25) is 0 Å². The van der Waals surface area contributed by atoms with Gasteiger partial charge in [-0.25, -0.2) is 17.6 Å². The molecule has 1 amide bonds. The highest BCUT2D eigenvalue weighted by Crippen LogP contribution is 2.29. The second kappa shape index (κ2) is 10.1. The second-order valence-electron chi connectivity index (χ2n) is 6.76. The van der Waals surface area contributed by atoms with Gasteiger partial charge in [-0.15, -0.1) is 0 Å². The van der Waals surface area contributed by atoms with Gasteiger partial charge in [-0.3, -0.25) is 9.52 Å². The number of halogens is 1. The highest BCUT2D eigenvalue weighted by Gasteiger charge is 2.31. The van der Waals surface area contributed by atoms with Crippen molar-refractivity contribution < 1.29 is 27.1 Å². The highest BCUT2D eigenvalue weighted by molar-refractivity contribution is 7.73. The van der Waals surface area contributed by atoms with Crippen molar-refractivity contribution in [2.45, 2.75) is 25.8 Å². The van der Waals surface area contributed by atoms with E-state index in [0.717, 1.165) is 0 Å². The summed E-state index contributed by atoms with van der Waals surface area (Å²) in [7, 11) is -2.80. The summed E-state index contributed by atoms with van der Waals surface area (Å²) < 4.78 is 42.0. The van der Waals surface area contributed by atoms with Gasteiger partial charge in [0.1, 0.15) is 5.82 Å². The molecule has 1 atom stereocenters. The molecule has 0 fully saturated rings. The minimum atomic E-state index is -2.80. The summed E-state index contributed by atoms with van der Waals surface area (Å²) in [6.45, 7) is 1.90. The average molecular weight is 447 g/mol. The third-order valence-electron chi connectivity index (χ3n) is 4.68. The summed E-state index contributed by atoms with van der Waals surface area (Å²) in [5.74, 6) is -1.32. The number of thiol groups is 1. The van der Waals surface area contributed by atoms with Crippen molar-refractivity contribution >= 4 is 34.1 Å². The van der Waals surface area contributed by atoms with Gasteiger partial charge in [-0.2, -0.15) is 0 Å². The van der Waals surface area contributed by atoms with Gasteiger partial charge in [0, 0.05) is 16.9 Å². The molecule has 0 bridgehead atoms. The summed E-state index contributed by atoms with van der Waals surface area (Å²) in [5.41, 5.74) is 2.03. The zero-order valence-electron chi connectivity index (χ0n) is 16.7. The Morgan fingerprint density at radius 2 is 1.71 bits per heavy atom. The predicted molar refractivity (Wildman–Crippen MR) is 115 cm³/mol. The predicted octanol–water partition coefficient (Wildman–Crippen LogP) is 2.59. The first-order chi connectivity index (χ1) is 14.9. The van der Waals surface area contributed by atoms with Crippen molar-refractivity contribution in [2.24, 2.45) is 0 Å². The Morgan fingerprint density at radius 1 is 1.06 bits per heavy atom. The molecular formula is C21H22FN3O5S. The van der Waals surface area contributed by atoms with E-state index in [1.54, 1.807) is 19.1 Å². The molecule has 0 saturated heterocycles. The summed E-state index contributed by atoms with van der Waals surface area (Å²) in [5, 5.41) is 6.00. The molecule has 0 aliphatic heterocycles. The molecule has 164 valence electrons. The Bertz CT molecular complexity index is 1060. The fourth-order valence-electron chi connectivity index (χ4n) is 3.26. The summed E-state index contributed by atoms with van der Waals surface area (Å²) >= 11 is 0. The molecule has 8 nitrogen and oxygen atoms in total. The summed E-state index contributed by atoms with van der Waals surface area (Å²) in [4.78, 5) is 25.2. The minimum Gasteiger partial charge on any atom is -0.463 e. The van der Waals surface area contributed by atoms with E-state index in [9.17, 15) is 22.4 Å². The van der Waals surface area contributed by atoms with Crippen LogP contribution in [0.3, 0.4) is 0 Å². The van der Waals surface area contributed by atoms with E-state index >= 15 is 0 Å². The first-order valence-electron chi connectivity index (χ1n) is 9.62. The van der Waals surface area contributed by atoms with Crippen molar-refractivity contribution in [2.75, 3.05) is 16.6 Å². The number of carbonyl (C=O) groups excluding carboxylic acids is 2. The largest absolute Gasteiger partial charge is 0.463 e. The average Bonchev–Trinajstić information content (AvgIpc) is 3.12. The van der Waals surface area contributed by atoms with Crippen molar-refractivity contribution in [3.63, 3.8) is 0 Å². The first kappa shape index (κ1) is 22.3. The van der Waals surface area contributed by atoms with Gasteiger partial charge in [0.25, 0.3) is 5.91 Å². The van der Waals surface area contributed by atoms with Crippen LogP contribution in [0.15, 0.2) is 59.8 Å². The molecule has 2 aromatic rings. The van der Waals surface area contributed by atoms with Crippen LogP contribution in [-0.4, -0.2) is 32.9 Å². The van der Waals surface area contributed by atoms with Crippen molar-refractivity contribution in [3.05, 3.63) is 71.2 Å². The van der Waals surface area contributed by atoms with Gasteiger partial charge < -0.3 is 15.4 Å². The van der Waals surface area contributed by atoms with Gasteiger partial charge >= 0.3 is 5.97 Å². The Kier molecular flexibility index (Phi) is 7.24. The topological polar surface area (TPSA) is 114 Å². The maximum absolute atomic E-state index is 13.2. The number of amides is 1. The molecular weight excluding hydrogens is 425 g/mol. The number of ether oxygens (including phenoxy) is 1. The molecule has 1 unspecified atom stereocenters. The molecule has 1 aliphatic rings. The molecule has 0 aromatic heterocycles. The fraction of sp³-hybridized carbons (Fsp3) is 0.238. The number of esters is 1. The Labute approximate surface area is 180 Å². The van der Waals surface area contributed by atoms with E-state index in [2.05, 4.69) is 15.4 Å². The van der Waals surface area contributed by atoms with Crippen LogP contribution < -0.4 is 15.4 Å². The Hall–Kier alpha value is -3.40. The van der Waals surface area contributed by atoms with Crippen LogP contribution in [0.5, 0.6) is 0 Å². The van der Waals surface area contributed by atoms with Crippen LogP contribution in [0.1, 0.15) is 30.1 Å². The lowest BCUT2D eigenvalue weighted by Gasteiger charge is -2.20. The Morgan fingerprint density at radius 3 is 2.32 bits per heavy atom. The zero-order valence-corrected chi connectivity index (χ0v) is 17.6. The molecule has 3 N–H and O–H groups in total. The normalized spacial score (nSPS) is 15.6. The number of benzene rings is 2. The van der Waals surface area contributed by atoms with Crippen LogP contribution in [0.25, 0.3) is 0 Å². The first-order valence-corrected chi connectivity index (χ1v) is 10.8. The van der Waals surface area contributed by atoms with Crippen LogP contribution in [0.4, 0.5) is 15.8 Å². The highest BCUT2D eigenvalue weighted by atomic mass is 32.2. The second-order valence-corrected chi connectivity index (χ2v) is 7.49. The SMILES string of the molecule is CCOC(=O)C1=C(NC(=O)c2ccc(N[SH](=O)=O)cc2)C(Nc2ccc(F)cc2)CC1. The maximum Gasteiger partial charge on any atom is 0.335 e. The monoisotopic (exact) mass is 447 g/mol. The van der Waals surface area contributed by atoms with E-state index < -0.39 is 22.8 Å². The standard InChI is InChI=1S/C21H22FN3O5S/c1-2-30-21(27)17-11-12-18(23-15-9-5-14(22)6-10-15)19(17)24-20(26)13-3-7-16(8-4-13)25-31(28)29/h3-10,18,23,31H,2,11-12H2,1H3,(H,24,26)(H,25,28,29). The quantitative estimate of drug-likeness (QED) is 0.365. The van der Waals surface area contributed by atoms with E-state index in [4.69, 9.17) is 4.74 Å². The fourth-order valence-corrected chi connectivity index (χ4v) is 3.62. The molecule has 3 rings (SSSR count). The molecule has 1 aliphatic carbocycles. The van der Waals surface area contributed by atoms with E-state index in [1.807, 2.05) is 0 Å². The number of hydrogen-bond donors (Lipinski definition) is 4. The number of anilines is 2. The van der Waals surface area contributed by atoms with E-state index in [-0.39, 0.29) is 24.0 Å². The third-order valence-corrected chi connectivity index (χ3v) is 5.12. The third kappa shape index (κ3) is 5.82. The van der Waals surface area contributed by atoms with E-state index in [1.165, 1.54) is 36.4 Å². The van der Waals surface area contributed by atoms with Gasteiger partial charge in [0.15, 0.2) is 0 Å². The number of carbonyl (C=O) groups is 2. The summed E-state index contributed by atoms with van der Waals surface area (Å²) in [6.07, 6.45) is 0.952. The van der Waals surface area contributed by atoms with Gasteiger partial charge in [0.05, 0.1) is 23.9 Å². The molecule has 31 heavy (non-hydrogen) atoms. The van der Waals surface area contributed by atoms with Crippen molar-refractivity contribution in [1.29, 1.82) is 0 Å². The molecule has 2 aromatic carbocycles. The zero-order chi connectivity index (χ0) is 22.4. The van der Waals surface area contributed by atoms with Gasteiger partial charge in [0.2, 0.25) is 10.9 Å². The summed E-state index contributed by atoms with van der Waals surface area (Å²) in [6, 6.07) is 11.3. The maximum atomic E-state index is 13.2. The Balaban J connectivity index is 1.82. The van der Waals surface area contributed by atoms with Crippen LogP contribution >= 0.6 is 0 Å².